The number of guanidine groups is 1. The summed E-state index contributed by atoms with van der Waals surface area (Å²) in [5.74, 6) is -0.0427. The molecule has 0 aromatic carbocycles. The molecule has 0 radical (unpaired) electrons. The normalized spacial score (nSPS) is 27.2. The zero-order valence-electron chi connectivity index (χ0n) is 6.66. The smallest absolute Gasteiger partial charge is 0.239 e. The number of hydrogen-bond acceptors (Lipinski definition) is 3. The largest absolute Gasteiger partial charge is 0.370 e. The van der Waals surface area contributed by atoms with Gasteiger partial charge in [-0.05, 0) is 6.42 Å². The molecule has 12 heavy (non-hydrogen) atoms. The summed E-state index contributed by atoms with van der Waals surface area (Å²) in [5.41, 5.74) is 15.7. The van der Waals surface area contributed by atoms with Crippen molar-refractivity contribution in [1.29, 1.82) is 0 Å². The molecule has 0 aromatic rings. The topological polar surface area (TPSA) is 120 Å². The fourth-order valence-electron chi connectivity index (χ4n) is 1.04. The lowest BCUT2D eigenvalue weighted by atomic mass is 9.97. The summed E-state index contributed by atoms with van der Waals surface area (Å²) in [4.78, 5) is 14.4. The van der Waals surface area contributed by atoms with E-state index >= 15 is 0 Å². The van der Waals surface area contributed by atoms with Crippen molar-refractivity contribution in [3.8, 4) is 0 Å². The highest BCUT2D eigenvalue weighted by Gasteiger charge is 2.34. The van der Waals surface area contributed by atoms with Gasteiger partial charge in [-0.25, -0.2) is 0 Å². The SMILES string of the molecule is NC(N)=NCCC1NC(=O)C1N. The number of nitrogens with two attached hydrogens (primary N) is 3. The number of nitrogens with one attached hydrogen (secondary N) is 1. The fraction of sp³-hybridized carbons (Fsp3) is 0.667. The Bertz CT molecular complexity index is 210. The van der Waals surface area contributed by atoms with Gasteiger partial charge >= 0.3 is 0 Å². The van der Waals surface area contributed by atoms with E-state index in [9.17, 15) is 4.79 Å². The van der Waals surface area contributed by atoms with Crippen LogP contribution in [0.5, 0.6) is 0 Å². The van der Waals surface area contributed by atoms with Crippen LogP contribution in [-0.4, -0.2) is 30.5 Å². The first-order valence-electron chi connectivity index (χ1n) is 3.72. The van der Waals surface area contributed by atoms with Crippen molar-refractivity contribution in [3.63, 3.8) is 0 Å². The molecular weight excluding hydrogens is 158 g/mol. The van der Waals surface area contributed by atoms with Gasteiger partial charge in [-0.2, -0.15) is 0 Å². The van der Waals surface area contributed by atoms with E-state index in [1.807, 2.05) is 0 Å². The van der Waals surface area contributed by atoms with Crippen molar-refractivity contribution < 1.29 is 4.79 Å². The summed E-state index contributed by atoms with van der Waals surface area (Å²) in [5, 5.41) is 2.65. The first-order valence-corrected chi connectivity index (χ1v) is 3.72. The van der Waals surface area contributed by atoms with Crippen LogP contribution in [0.3, 0.4) is 0 Å². The van der Waals surface area contributed by atoms with Crippen LogP contribution >= 0.6 is 0 Å². The second-order valence-corrected chi connectivity index (χ2v) is 2.74. The second kappa shape index (κ2) is 3.40. The van der Waals surface area contributed by atoms with Crippen molar-refractivity contribution in [2.75, 3.05) is 6.54 Å². The highest BCUT2D eigenvalue weighted by atomic mass is 16.2. The van der Waals surface area contributed by atoms with Crippen molar-refractivity contribution in [1.82, 2.24) is 5.32 Å². The van der Waals surface area contributed by atoms with Crippen molar-refractivity contribution in [2.24, 2.45) is 22.2 Å². The lowest BCUT2D eigenvalue weighted by Gasteiger charge is -2.33. The Labute approximate surface area is 70.2 Å². The van der Waals surface area contributed by atoms with Gasteiger partial charge in [-0.15, -0.1) is 0 Å². The average molecular weight is 171 g/mol. The molecule has 7 N–H and O–H groups in total. The monoisotopic (exact) mass is 171 g/mol. The van der Waals surface area contributed by atoms with Crippen LogP contribution in [0.1, 0.15) is 6.42 Å². The summed E-state index contributed by atoms with van der Waals surface area (Å²) in [6, 6.07) is -0.361. The quantitative estimate of drug-likeness (QED) is 0.213. The van der Waals surface area contributed by atoms with Crippen LogP contribution in [0, 0.1) is 0 Å². The Kier molecular flexibility index (Phi) is 2.49. The maximum absolute atomic E-state index is 10.6. The number of β-lactam (4-membered cyclic amide) rings is 1. The van der Waals surface area contributed by atoms with Gasteiger partial charge in [0.15, 0.2) is 5.96 Å². The van der Waals surface area contributed by atoms with Gasteiger partial charge in [0.25, 0.3) is 0 Å². The molecule has 2 unspecified atom stereocenters. The van der Waals surface area contributed by atoms with E-state index in [0.29, 0.717) is 13.0 Å². The molecule has 0 aromatic heterocycles. The number of carbonyl (C=O) groups excluding carboxylic acids is 1. The molecule has 1 heterocycles. The molecule has 1 aliphatic heterocycles. The van der Waals surface area contributed by atoms with Crippen molar-refractivity contribution in [2.45, 2.75) is 18.5 Å². The van der Waals surface area contributed by atoms with Crippen LogP contribution in [-0.2, 0) is 4.79 Å². The second-order valence-electron chi connectivity index (χ2n) is 2.74. The van der Waals surface area contributed by atoms with Gasteiger partial charge in [0.2, 0.25) is 5.91 Å². The standard InChI is InChI=1S/C6H13N5O/c7-4-3(11-5(4)12)1-2-10-6(8)9/h3-4H,1-2,7H2,(H,11,12)(H4,8,9,10). The molecule has 0 saturated carbocycles. The van der Waals surface area contributed by atoms with E-state index in [1.54, 1.807) is 0 Å². The molecule has 0 bridgehead atoms. The Balaban J connectivity index is 2.18. The Morgan fingerprint density at radius 3 is 2.67 bits per heavy atom. The van der Waals surface area contributed by atoms with Gasteiger partial charge in [-0.3, -0.25) is 9.79 Å². The summed E-state index contributed by atoms with van der Waals surface area (Å²) >= 11 is 0. The minimum atomic E-state index is -0.390. The van der Waals surface area contributed by atoms with Crippen LogP contribution in [0.15, 0.2) is 4.99 Å². The summed E-state index contributed by atoms with van der Waals surface area (Å²) in [6.07, 6.45) is 0.685. The van der Waals surface area contributed by atoms with E-state index in [0.717, 1.165) is 0 Å². The Hall–Kier alpha value is -1.30. The first-order chi connectivity index (χ1) is 5.61. The molecule has 1 amide bonds. The molecule has 2 atom stereocenters. The van der Waals surface area contributed by atoms with Gasteiger partial charge in [0.05, 0.1) is 6.04 Å². The molecule has 1 rings (SSSR count). The molecule has 1 fully saturated rings. The zero-order valence-corrected chi connectivity index (χ0v) is 6.66. The van der Waals surface area contributed by atoms with E-state index in [-0.39, 0.29) is 24.0 Å². The van der Waals surface area contributed by atoms with E-state index in [2.05, 4.69) is 10.3 Å². The lowest BCUT2D eigenvalue weighted by molar-refractivity contribution is -0.130. The fourth-order valence-corrected chi connectivity index (χ4v) is 1.04. The number of hydrogen-bond donors (Lipinski definition) is 4. The summed E-state index contributed by atoms with van der Waals surface area (Å²) < 4.78 is 0. The van der Waals surface area contributed by atoms with Crippen LogP contribution < -0.4 is 22.5 Å². The highest BCUT2D eigenvalue weighted by Crippen LogP contribution is 2.06. The minimum Gasteiger partial charge on any atom is -0.370 e. The predicted octanol–water partition coefficient (Wildman–Crippen LogP) is -2.52. The number of rotatable bonds is 3. The molecule has 1 aliphatic rings. The van der Waals surface area contributed by atoms with Crippen molar-refractivity contribution in [3.05, 3.63) is 0 Å². The summed E-state index contributed by atoms with van der Waals surface area (Å²) in [7, 11) is 0. The maximum atomic E-state index is 10.6. The molecule has 6 heteroatoms. The third-order valence-corrected chi connectivity index (χ3v) is 1.80. The lowest BCUT2D eigenvalue weighted by Crippen LogP contribution is -2.66. The van der Waals surface area contributed by atoms with Gasteiger partial charge in [0, 0.05) is 6.54 Å². The predicted molar refractivity (Wildman–Crippen MR) is 45.2 cm³/mol. The van der Waals surface area contributed by atoms with Gasteiger partial charge < -0.3 is 22.5 Å². The first kappa shape index (κ1) is 8.79. The van der Waals surface area contributed by atoms with Gasteiger partial charge in [-0.1, -0.05) is 0 Å². The van der Waals surface area contributed by atoms with E-state index in [4.69, 9.17) is 17.2 Å². The van der Waals surface area contributed by atoms with Gasteiger partial charge in [0.1, 0.15) is 6.04 Å². The van der Waals surface area contributed by atoms with Crippen LogP contribution in [0.25, 0.3) is 0 Å². The third kappa shape index (κ3) is 1.85. The molecule has 0 aliphatic carbocycles. The van der Waals surface area contributed by atoms with E-state index in [1.165, 1.54) is 0 Å². The zero-order chi connectivity index (χ0) is 9.14. The van der Waals surface area contributed by atoms with Crippen LogP contribution in [0.2, 0.25) is 0 Å². The summed E-state index contributed by atoms with van der Waals surface area (Å²) in [6.45, 7) is 0.501. The highest BCUT2D eigenvalue weighted by molar-refractivity contribution is 5.88. The van der Waals surface area contributed by atoms with E-state index < -0.39 is 0 Å². The minimum absolute atomic E-state index is 0.0283. The number of nitrogens with zero attached hydrogens (tertiary/aromatic N) is 1. The molecule has 0 spiro atoms. The van der Waals surface area contributed by atoms with Crippen molar-refractivity contribution >= 4 is 11.9 Å². The average Bonchev–Trinajstić information content (AvgIpc) is 2.02. The molecule has 68 valence electrons. The molecule has 6 nitrogen and oxygen atoms in total. The number of aliphatic imine (C=N–C) groups is 1. The maximum Gasteiger partial charge on any atom is 0.239 e. The number of amides is 1. The molecule has 1 saturated heterocycles. The number of carbonyl (C=O) groups is 1. The molecular formula is C6H13N5O. The van der Waals surface area contributed by atoms with Crippen LogP contribution in [0.4, 0.5) is 0 Å². The Morgan fingerprint density at radius 1 is 1.58 bits per heavy atom. The Morgan fingerprint density at radius 2 is 2.25 bits per heavy atom. The third-order valence-electron chi connectivity index (χ3n) is 1.80.